The van der Waals surface area contributed by atoms with E-state index in [1.807, 2.05) is 66.9 Å². The van der Waals surface area contributed by atoms with Gasteiger partial charge in [-0.05, 0) is 65.2 Å². The summed E-state index contributed by atoms with van der Waals surface area (Å²) in [5.74, 6) is -0.130. The molecule has 4 nitrogen and oxygen atoms in total. The summed E-state index contributed by atoms with van der Waals surface area (Å²) < 4.78 is 0. The molecule has 1 N–H and O–H groups in total. The Labute approximate surface area is 176 Å². The second-order valence-electron chi connectivity index (χ2n) is 6.43. The highest BCUT2D eigenvalue weighted by Gasteiger charge is 2.23. The van der Waals surface area contributed by atoms with Gasteiger partial charge in [-0.15, -0.1) is 11.3 Å². The number of hydrogen-bond acceptors (Lipinski definition) is 5. The predicted molar refractivity (Wildman–Crippen MR) is 122 cm³/mol. The molecule has 1 aliphatic heterocycles. The fourth-order valence-corrected chi connectivity index (χ4v) is 4.76. The molecule has 2 aromatic carbocycles. The van der Waals surface area contributed by atoms with Crippen molar-refractivity contribution in [3.8, 4) is 10.4 Å². The number of carbonyl (C=O) groups is 1. The molecule has 0 atom stereocenters. The summed E-state index contributed by atoms with van der Waals surface area (Å²) in [5, 5.41) is 6.58. The predicted octanol–water partition coefficient (Wildman–Crippen LogP) is 5.85. The Morgan fingerprint density at radius 1 is 1.00 bits per heavy atom. The number of hydrogen-bond donors (Lipinski definition) is 1. The summed E-state index contributed by atoms with van der Waals surface area (Å²) in [4.78, 5) is 23.2. The molecule has 0 radical (unpaired) electrons. The molecule has 0 aliphatic carbocycles. The quantitative estimate of drug-likeness (QED) is 0.428. The van der Waals surface area contributed by atoms with Crippen molar-refractivity contribution in [1.82, 2.24) is 10.3 Å². The number of nitrogens with zero attached hydrogens (tertiary/aromatic N) is 2. The van der Waals surface area contributed by atoms with Crippen molar-refractivity contribution >= 4 is 56.8 Å². The zero-order chi connectivity index (χ0) is 19.6. The lowest BCUT2D eigenvalue weighted by Gasteiger charge is -2.05. The lowest BCUT2D eigenvalue weighted by molar-refractivity contribution is -0.115. The largest absolute Gasteiger partial charge is 0.300 e. The van der Waals surface area contributed by atoms with Gasteiger partial charge in [-0.1, -0.05) is 30.3 Å². The van der Waals surface area contributed by atoms with Crippen molar-refractivity contribution < 1.29 is 4.79 Å². The first-order chi connectivity index (χ1) is 14.3. The number of benzene rings is 2. The number of carbonyl (C=O) groups excluding carboxylic acids is 1. The van der Waals surface area contributed by atoms with E-state index in [1.54, 1.807) is 11.3 Å². The first kappa shape index (κ1) is 17.8. The third-order valence-corrected chi connectivity index (χ3v) is 6.30. The van der Waals surface area contributed by atoms with Gasteiger partial charge in [0.05, 0.1) is 16.1 Å². The molecule has 1 fully saturated rings. The zero-order valence-corrected chi connectivity index (χ0v) is 16.8. The van der Waals surface area contributed by atoms with Crippen molar-refractivity contribution in [3.05, 3.63) is 88.8 Å². The van der Waals surface area contributed by atoms with E-state index >= 15 is 0 Å². The van der Waals surface area contributed by atoms with Crippen LogP contribution in [0.15, 0.2) is 88.2 Å². The third-order valence-electron chi connectivity index (χ3n) is 4.49. The van der Waals surface area contributed by atoms with Gasteiger partial charge in [-0.3, -0.25) is 9.78 Å². The number of para-hydroxylation sites is 1. The van der Waals surface area contributed by atoms with Crippen LogP contribution in [-0.4, -0.2) is 16.1 Å². The van der Waals surface area contributed by atoms with Gasteiger partial charge in [-0.2, -0.15) is 0 Å². The van der Waals surface area contributed by atoms with Gasteiger partial charge in [0.2, 0.25) is 0 Å². The molecule has 0 unspecified atom stereocenters. The minimum absolute atomic E-state index is 0.130. The first-order valence-electron chi connectivity index (χ1n) is 9.03. The molecule has 1 amide bonds. The summed E-state index contributed by atoms with van der Waals surface area (Å²) >= 11 is 3.06. The minimum Gasteiger partial charge on any atom is -0.300 e. The van der Waals surface area contributed by atoms with Crippen molar-refractivity contribution in [3.63, 3.8) is 0 Å². The Kier molecular flexibility index (Phi) is 4.71. The third kappa shape index (κ3) is 3.72. The molecule has 3 heterocycles. The van der Waals surface area contributed by atoms with Crippen LogP contribution in [0.4, 0.5) is 5.69 Å². The van der Waals surface area contributed by atoms with Crippen LogP contribution in [-0.2, 0) is 4.79 Å². The molecule has 4 aromatic rings. The fourth-order valence-electron chi connectivity index (χ4n) is 3.15. The van der Waals surface area contributed by atoms with Crippen LogP contribution in [0.5, 0.6) is 0 Å². The van der Waals surface area contributed by atoms with Gasteiger partial charge >= 0.3 is 0 Å². The van der Waals surface area contributed by atoms with Crippen molar-refractivity contribution in [2.24, 2.45) is 4.99 Å². The summed E-state index contributed by atoms with van der Waals surface area (Å²) in [5.41, 5.74) is 3.86. The first-order valence-corrected chi connectivity index (χ1v) is 10.7. The number of amides is 1. The van der Waals surface area contributed by atoms with E-state index in [4.69, 9.17) is 0 Å². The average Bonchev–Trinajstić information content (AvgIpc) is 3.39. The summed E-state index contributed by atoms with van der Waals surface area (Å²) in [6, 6.07) is 21.9. The normalized spacial score (nSPS) is 16.6. The number of aliphatic imine (C=N–C) groups is 1. The van der Waals surface area contributed by atoms with E-state index in [2.05, 4.69) is 32.8 Å². The standard InChI is InChI=1S/C23H15N3OS2/c27-22-21(29-23(26-22)25-16-5-2-1-3-6-16)14-15-8-9-19-18(13-15)17(10-11-24-19)20-7-4-12-28-20/h1-14H,(H,25,26,27)/b21-14+. The molecule has 1 saturated heterocycles. The lowest BCUT2D eigenvalue weighted by atomic mass is 10.0. The van der Waals surface area contributed by atoms with Crippen LogP contribution in [0.2, 0.25) is 0 Å². The van der Waals surface area contributed by atoms with Crippen LogP contribution < -0.4 is 5.32 Å². The summed E-state index contributed by atoms with van der Waals surface area (Å²) in [7, 11) is 0. The molecular formula is C23H15N3OS2. The molecule has 0 spiro atoms. The Hall–Kier alpha value is -3.22. The Balaban J connectivity index is 1.50. The van der Waals surface area contributed by atoms with Gasteiger partial charge in [0.1, 0.15) is 0 Å². The summed E-state index contributed by atoms with van der Waals surface area (Å²) in [6.07, 6.45) is 3.74. The maximum atomic E-state index is 12.4. The monoisotopic (exact) mass is 413 g/mol. The van der Waals surface area contributed by atoms with E-state index in [1.165, 1.54) is 16.6 Å². The van der Waals surface area contributed by atoms with Crippen LogP contribution in [0, 0.1) is 0 Å². The Morgan fingerprint density at radius 3 is 2.72 bits per heavy atom. The molecule has 5 rings (SSSR count). The number of amidine groups is 1. The van der Waals surface area contributed by atoms with Crippen LogP contribution >= 0.6 is 23.1 Å². The highest BCUT2D eigenvalue weighted by molar-refractivity contribution is 8.18. The molecule has 0 saturated carbocycles. The van der Waals surface area contributed by atoms with E-state index in [0.717, 1.165) is 27.7 Å². The number of thioether (sulfide) groups is 1. The molecule has 140 valence electrons. The zero-order valence-electron chi connectivity index (χ0n) is 15.2. The van der Waals surface area contributed by atoms with Gasteiger partial charge in [0, 0.05) is 22.0 Å². The Morgan fingerprint density at radius 2 is 1.90 bits per heavy atom. The number of aromatic nitrogens is 1. The van der Waals surface area contributed by atoms with Gasteiger partial charge in [0.25, 0.3) is 5.91 Å². The number of nitrogens with one attached hydrogen (secondary N) is 1. The van der Waals surface area contributed by atoms with Crippen LogP contribution in [0.25, 0.3) is 27.4 Å². The van der Waals surface area contributed by atoms with Crippen molar-refractivity contribution in [1.29, 1.82) is 0 Å². The van der Waals surface area contributed by atoms with Crippen molar-refractivity contribution in [2.75, 3.05) is 0 Å². The maximum Gasteiger partial charge on any atom is 0.264 e. The average molecular weight is 414 g/mol. The highest BCUT2D eigenvalue weighted by atomic mass is 32.2. The molecular weight excluding hydrogens is 398 g/mol. The number of rotatable bonds is 3. The number of pyridine rings is 1. The molecule has 29 heavy (non-hydrogen) atoms. The Bertz CT molecular complexity index is 1260. The maximum absolute atomic E-state index is 12.4. The summed E-state index contributed by atoms with van der Waals surface area (Å²) in [6.45, 7) is 0. The molecule has 0 bridgehead atoms. The smallest absolute Gasteiger partial charge is 0.264 e. The van der Waals surface area contributed by atoms with E-state index in [9.17, 15) is 4.79 Å². The van der Waals surface area contributed by atoms with E-state index in [0.29, 0.717) is 10.1 Å². The van der Waals surface area contributed by atoms with Crippen LogP contribution in [0.3, 0.4) is 0 Å². The van der Waals surface area contributed by atoms with E-state index < -0.39 is 0 Å². The molecule has 6 heteroatoms. The number of thiophene rings is 1. The lowest BCUT2D eigenvalue weighted by Crippen LogP contribution is -2.19. The fraction of sp³-hybridized carbons (Fsp3) is 0. The van der Waals surface area contributed by atoms with Crippen molar-refractivity contribution in [2.45, 2.75) is 0 Å². The second-order valence-corrected chi connectivity index (χ2v) is 8.41. The topological polar surface area (TPSA) is 54.4 Å². The van der Waals surface area contributed by atoms with Gasteiger partial charge < -0.3 is 5.32 Å². The van der Waals surface area contributed by atoms with Gasteiger partial charge in [-0.25, -0.2) is 4.99 Å². The molecule has 1 aliphatic rings. The highest BCUT2D eigenvalue weighted by Crippen LogP contribution is 2.33. The number of fused-ring (bicyclic) bond motifs is 1. The van der Waals surface area contributed by atoms with E-state index in [-0.39, 0.29) is 5.91 Å². The molecule has 2 aromatic heterocycles. The minimum atomic E-state index is -0.130. The SMILES string of the molecule is O=C1NC(=Nc2ccccc2)S/C1=C/c1ccc2nccc(-c3cccs3)c2c1. The van der Waals surface area contributed by atoms with Gasteiger partial charge in [0.15, 0.2) is 5.17 Å². The second kappa shape index (κ2) is 7.66. The van der Waals surface area contributed by atoms with Crippen LogP contribution in [0.1, 0.15) is 5.56 Å².